The first-order valence-electron chi connectivity index (χ1n) is 14.1. The smallest absolute Gasteiger partial charge is 0.338 e. The molecule has 0 fully saturated rings. The average Bonchev–Trinajstić information content (AvgIpc) is 3.28. The standard InChI is InChI=1S/C34H32I2N2O4S/c1-6-41-33(40)28-29(22-10-8-7-9-11-22)37-34-38(30(28)23-14-12-21(13-15-23)19(2)3)32(39)27(43-34)17-24-16-25(35)18-26(36)31(24)42-20(4)5/h7-20,30H,6H2,1-5H3/b27-17-/t30-/m1/s1. The third-order valence-corrected chi connectivity index (χ3v) is 9.38. The number of ether oxygens (including phenoxy) is 2. The van der Waals surface area contributed by atoms with Crippen LogP contribution in [-0.4, -0.2) is 23.2 Å². The number of hydrogen-bond acceptors (Lipinski definition) is 6. The largest absolute Gasteiger partial charge is 0.489 e. The summed E-state index contributed by atoms with van der Waals surface area (Å²) >= 11 is 5.86. The summed E-state index contributed by atoms with van der Waals surface area (Å²) in [6.45, 7) is 10.2. The lowest BCUT2D eigenvalue weighted by Gasteiger charge is -2.26. The first-order valence-corrected chi connectivity index (χ1v) is 17.1. The number of carbonyl (C=O) groups excluding carboxylic acids is 1. The zero-order valence-electron chi connectivity index (χ0n) is 24.6. The lowest BCUT2D eigenvalue weighted by molar-refractivity contribution is -0.138. The molecule has 4 aromatic rings. The van der Waals surface area contributed by atoms with Crippen molar-refractivity contribution in [2.24, 2.45) is 4.99 Å². The molecule has 3 aromatic carbocycles. The second-order valence-electron chi connectivity index (χ2n) is 10.7. The summed E-state index contributed by atoms with van der Waals surface area (Å²) in [6, 6.07) is 21.1. The SMILES string of the molecule is CCOC(=O)C1=C(c2ccccc2)N=c2s/c(=C\c3cc(I)cc(I)c3OC(C)C)c(=O)n2[C@@H]1c1ccc(C(C)C)cc1. The molecule has 222 valence electrons. The fourth-order valence-electron chi connectivity index (χ4n) is 5.01. The third-order valence-electron chi connectivity index (χ3n) is 6.97. The van der Waals surface area contributed by atoms with Crippen LogP contribution in [0.3, 0.4) is 0 Å². The number of carbonyl (C=O) groups is 1. The van der Waals surface area contributed by atoms with Gasteiger partial charge in [0, 0.05) is 14.7 Å². The van der Waals surface area contributed by atoms with Crippen LogP contribution in [0.25, 0.3) is 11.8 Å². The molecule has 6 nitrogen and oxygen atoms in total. The summed E-state index contributed by atoms with van der Waals surface area (Å²) in [4.78, 5) is 33.5. The van der Waals surface area contributed by atoms with E-state index in [1.54, 1.807) is 11.5 Å². The van der Waals surface area contributed by atoms with Gasteiger partial charge in [0.15, 0.2) is 4.80 Å². The maximum absolute atomic E-state index is 14.3. The molecule has 1 atom stereocenters. The third kappa shape index (κ3) is 6.68. The Balaban J connectivity index is 1.82. The molecule has 0 saturated heterocycles. The molecule has 43 heavy (non-hydrogen) atoms. The minimum absolute atomic E-state index is 0.0312. The number of hydrogen-bond donors (Lipinski definition) is 0. The monoisotopic (exact) mass is 818 g/mol. The van der Waals surface area contributed by atoms with Gasteiger partial charge in [0.2, 0.25) is 0 Å². The summed E-state index contributed by atoms with van der Waals surface area (Å²) in [5, 5.41) is 0. The highest BCUT2D eigenvalue weighted by molar-refractivity contribution is 14.1. The summed E-state index contributed by atoms with van der Waals surface area (Å²) < 4.78 is 15.9. The molecule has 0 N–H and O–H groups in total. The number of thiazole rings is 1. The number of rotatable bonds is 8. The van der Waals surface area contributed by atoms with Crippen LogP contribution in [0.5, 0.6) is 5.75 Å². The fraction of sp³-hybridized carbons (Fsp3) is 0.265. The van der Waals surface area contributed by atoms with Crippen molar-refractivity contribution in [3.63, 3.8) is 0 Å². The van der Waals surface area contributed by atoms with E-state index in [0.29, 0.717) is 26.5 Å². The van der Waals surface area contributed by atoms with E-state index in [9.17, 15) is 9.59 Å². The lowest BCUT2D eigenvalue weighted by Crippen LogP contribution is -2.40. The molecule has 0 unspecified atom stereocenters. The second-order valence-corrected chi connectivity index (χ2v) is 14.1. The average molecular weight is 819 g/mol. The van der Waals surface area contributed by atoms with Gasteiger partial charge in [-0.05, 0) is 101 Å². The maximum Gasteiger partial charge on any atom is 0.338 e. The number of aromatic nitrogens is 1. The van der Waals surface area contributed by atoms with Crippen molar-refractivity contribution in [1.29, 1.82) is 0 Å². The maximum atomic E-state index is 14.3. The van der Waals surface area contributed by atoms with Crippen LogP contribution in [0.15, 0.2) is 82.1 Å². The van der Waals surface area contributed by atoms with Crippen LogP contribution in [0, 0.1) is 7.14 Å². The summed E-state index contributed by atoms with van der Waals surface area (Å²) in [5.41, 5.74) is 4.23. The Labute approximate surface area is 282 Å². The molecule has 0 amide bonds. The number of nitrogens with zero attached hydrogens (tertiary/aromatic N) is 2. The summed E-state index contributed by atoms with van der Waals surface area (Å²) in [5.74, 6) is 0.590. The number of fused-ring (bicyclic) bond motifs is 1. The van der Waals surface area contributed by atoms with Crippen molar-refractivity contribution < 1.29 is 14.3 Å². The number of halogens is 2. The molecular weight excluding hydrogens is 786 g/mol. The van der Waals surface area contributed by atoms with Gasteiger partial charge in [0.25, 0.3) is 5.56 Å². The van der Waals surface area contributed by atoms with Gasteiger partial charge < -0.3 is 9.47 Å². The Morgan fingerprint density at radius 1 is 1.05 bits per heavy atom. The first kappa shape index (κ1) is 31.6. The van der Waals surface area contributed by atoms with Crippen molar-refractivity contribution in [3.05, 3.63) is 121 Å². The zero-order chi connectivity index (χ0) is 30.8. The van der Waals surface area contributed by atoms with Crippen LogP contribution in [0.1, 0.15) is 68.8 Å². The predicted molar refractivity (Wildman–Crippen MR) is 189 cm³/mol. The minimum atomic E-state index is -0.712. The van der Waals surface area contributed by atoms with Crippen LogP contribution >= 0.6 is 56.5 Å². The van der Waals surface area contributed by atoms with Gasteiger partial charge in [-0.2, -0.15) is 0 Å². The summed E-state index contributed by atoms with van der Waals surface area (Å²) in [6.07, 6.45) is 1.84. The molecule has 0 spiro atoms. The molecule has 0 bridgehead atoms. The quantitative estimate of drug-likeness (QED) is 0.141. The van der Waals surface area contributed by atoms with Crippen molar-refractivity contribution in [2.75, 3.05) is 6.61 Å². The normalized spacial score (nSPS) is 15.1. The molecule has 9 heteroatoms. The molecule has 2 heterocycles. The number of esters is 1. The Morgan fingerprint density at radius 3 is 2.37 bits per heavy atom. The highest BCUT2D eigenvalue weighted by Gasteiger charge is 2.35. The molecule has 0 radical (unpaired) electrons. The van der Waals surface area contributed by atoms with Crippen LogP contribution in [0.2, 0.25) is 0 Å². The van der Waals surface area contributed by atoms with Gasteiger partial charge in [-0.3, -0.25) is 9.36 Å². The Morgan fingerprint density at radius 2 is 1.74 bits per heavy atom. The molecule has 1 aromatic heterocycles. The van der Waals surface area contributed by atoms with Gasteiger partial charge in [-0.15, -0.1) is 0 Å². The van der Waals surface area contributed by atoms with E-state index in [1.165, 1.54) is 16.9 Å². The van der Waals surface area contributed by atoms with E-state index in [4.69, 9.17) is 14.5 Å². The van der Waals surface area contributed by atoms with E-state index in [-0.39, 0.29) is 18.3 Å². The molecular formula is C34H32I2N2O4S. The van der Waals surface area contributed by atoms with Crippen molar-refractivity contribution in [3.8, 4) is 5.75 Å². The molecule has 0 saturated carbocycles. The second kappa shape index (κ2) is 13.5. The van der Waals surface area contributed by atoms with Crippen molar-refractivity contribution >= 4 is 74.3 Å². The Bertz CT molecular complexity index is 1870. The van der Waals surface area contributed by atoms with E-state index < -0.39 is 12.0 Å². The van der Waals surface area contributed by atoms with Gasteiger partial charge in [-0.25, -0.2) is 9.79 Å². The summed E-state index contributed by atoms with van der Waals surface area (Å²) in [7, 11) is 0. The van der Waals surface area contributed by atoms with Gasteiger partial charge in [-0.1, -0.05) is 79.8 Å². The number of benzene rings is 3. The van der Waals surface area contributed by atoms with Crippen LogP contribution in [-0.2, 0) is 9.53 Å². The van der Waals surface area contributed by atoms with Gasteiger partial charge in [0.05, 0.1) is 38.1 Å². The molecule has 1 aliphatic rings. The Kier molecular flexibility index (Phi) is 9.92. The predicted octanol–water partition coefficient (Wildman–Crippen LogP) is 7.06. The van der Waals surface area contributed by atoms with E-state index >= 15 is 0 Å². The fourth-order valence-corrected chi connectivity index (χ4v) is 8.02. The lowest BCUT2D eigenvalue weighted by atomic mass is 9.91. The molecule has 0 aliphatic carbocycles. The minimum Gasteiger partial charge on any atom is -0.489 e. The first-order chi connectivity index (χ1) is 20.6. The van der Waals surface area contributed by atoms with E-state index in [2.05, 4.69) is 77.2 Å². The van der Waals surface area contributed by atoms with E-state index in [0.717, 1.165) is 29.6 Å². The topological polar surface area (TPSA) is 69.9 Å². The highest BCUT2D eigenvalue weighted by Crippen LogP contribution is 2.36. The highest BCUT2D eigenvalue weighted by atomic mass is 127. The van der Waals surface area contributed by atoms with Gasteiger partial charge >= 0.3 is 5.97 Å². The van der Waals surface area contributed by atoms with Gasteiger partial charge in [0.1, 0.15) is 5.75 Å². The van der Waals surface area contributed by atoms with Crippen LogP contribution in [0.4, 0.5) is 0 Å². The van der Waals surface area contributed by atoms with Crippen molar-refractivity contribution in [1.82, 2.24) is 4.57 Å². The molecule has 1 aliphatic heterocycles. The van der Waals surface area contributed by atoms with E-state index in [1.807, 2.05) is 68.5 Å². The Hall–Kier alpha value is -2.77. The zero-order valence-corrected chi connectivity index (χ0v) is 29.7. The molecule has 5 rings (SSSR count). The van der Waals surface area contributed by atoms with Crippen molar-refractivity contribution in [2.45, 2.75) is 52.7 Å². The van der Waals surface area contributed by atoms with Crippen LogP contribution < -0.4 is 19.6 Å².